The van der Waals surface area contributed by atoms with Gasteiger partial charge >= 0.3 is 0 Å². The molecule has 26 heavy (non-hydrogen) atoms. The summed E-state index contributed by atoms with van der Waals surface area (Å²) in [5.41, 5.74) is 5.09. The number of fused-ring (bicyclic) bond motifs is 1. The highest BCUT2D eigenvalue weighted by Gasteiger charge is 2.19. The number of nitriles is 1. The fraction of sp³-hybridized carbons (Fsp3) is 0.263. The fourth-order valence-electron chi connectivity index (χ4n) is 3.12. The van der Waals surface area contributed by atoms with Crippen molar-refractivity contribution in [3.63, 3.8) is 0 Å². The summed E-state index contributed by atoms with van der Waals surface area (Å²) in [6.07, 6.45) is 0.790. The lowest BCUT2D eigenvalue weighted by Gasteiger charge is -2.18. The molecule has 7 heteroatoms. The molecule has 0 bridgehead atoms. The van der Waals surface area contributed by atoms with E-state index in [1.165, 1.54) is 0 Å². The zero-order chi connectivity index (χ0) is 18.7. The van der Waals surface area contributed by atoms with Crippen LogP contribution in [0.4, 0.5) is 0 Å². The van der Waals surface area contributed by atoms with Crippen LogP contribution in [0.3, 0.4) is 0 Å². The number of methoxy groups -OCH3 is 1. The number of aryl methyl sites for hydroxylation is 1. The van der Waals surface area contributed by atoms with Gasteiger partial charge in [0.15, 0.2) is 0 Å². The van der Waals surface area contributed by atoms with Crippen LogP contribution >= 0.6 is 0 Å². The highest BCUT2D eigenvalue weighted by atomic mass is 32.2. The van der Waals surface area contributed by atoms with Gasteiger partial charge in [-0.05, 0) is 41.8 Å². The molecule has 3 rings (SSSR count). The minimum absolute atomic E-state index is 0.166. The van der Waals surface area contributed by atoms with Gasteiger partial charge in [0.2, 0.25) is 0 Å². The first-order valence-electron chi connectivity index (χ1n) is 8.16. The summed E-state index contributed by atoms with van der Waals surface area (Å²) in [4.78, 5) is 0. The molecule has 0 saturated carbocycles. The maximum absolute atomic E-state index is 11.5. The zero-order valence-corrected chi connectivity index (χ0v) is 15.4. The number of ether oxygens (including phenoxy) is 1. The molecule has 2 heterocycles. The Morgan fingerprint density at radius 3 is 2.81 bits per heavy atom. The first-order chi connectivity index (χ1) is 12.6. The van der Waals surface area contributed by atoms with Crippen molar-refractivity contribution in [2.24, 2.45) is 0 Å². The summed E-state index contributed by atoms with van der Waals surface area (Å²) in [6, 6.07) is 13.2. The van der Waals surface area contributed by atoms with Crippen LogP contribution in [0.25, 0.3) is 16.6 Å². The number of benzene rings is 1. The fourth-order valence-corrected chi connectivity index (χ4v) is 3.66. The van der Waals surface area contributed by atoms with E-state index in [1.807, 2.05) is 29.6 Å². The Hall–Kier alpha value is -2.53. The Bertz CT molecular complexity index is 1020. The summed E-state index contributed by atoms with van der Waals surface area (Å²) in [6.45, 7) is 2.24. The monoisotopic (exact) mass is 368 g/mol. The van der Waals surface area contributed by atoms with Gasteiger partial charge in [-0.25, -0.2) is 4.52 Å². The van der Waals surface area contributed by atoms with Gasteiger partial charge in [0.25, 0.3) is 0 Å². The maximum atomic E-state index is 11.5. The van der Waals surface area contributed by atoms with Gasteiger partial charge < -0.3 is 9.29 Å². The Balaban J connectivity index is 2.40. The number of aromatic nitrogens is 2. The third kappa shape index (κ3) is 3.40. The zero-order valence-electron chi connectivity index (χ0n) is 14.6. The van der Waals surface area contributed by atoms with Crippen molar-refractivity contribution in [2.45, 2.75) is 25.7 Å². The third-order valence-electron chi connectivity index (χ3n) is 4.25. The van der Waals surface area contributed by atoms with Crippen LogP contribution in [0, 0.1) is 11.3 Å². The van der Waals surface area contributed by atoms with Crippen molar-refractivity contribution < 1.29 is 13.5 Å². The molecule has 0 aliphatic rings. The van der Waals surface area contributed by atoms with Crippen LogP contribution in [0.2, 0.25) is 0 Å². The quantitative estimate of drug-likeness (QED) is 0.624. The molecule has 1 aromatic carbocycles. The summed E-state index contributed by atoms with van der Waals surface area (Å²) in [5.74, 6) is -0.166. The molecule has 0 aliphatic carbocycles. The molecule has 0 fully saturated rings. The number of hydrogen-bond acceptors (Lipinski definition) is 5. The third-order valence-corrected chi connectivity index (χ3v) is 4.77. The van der Waals surface area contributed by atoms with Crippen molar-refractivity contribution in [1.29, 1.82) is 5.26 Å². The van der Waals surface area contributed by atoms with Crippen molar-refractivity contribution in [2.75, 3.05) is 7.11 Å². The molecule has 6 nitrogen and oxygen atoms in total. The number of rotatable bonds is 6. The lowest BCUT2D eigenvalue weighted by molar-refractivity contribution is 0.179. The standard InChI is InChI=1S/C19H19N3O3S/c1-3-15-7-8-18-19(14-6-4-5-13(9-14)10-20)16(12-26(23)24)17(11-25-2)21-22(15)18/h4-9H,3,11-12H2,1-2H3,(H,23,24)/p-1. The minimum atomic E-state index is -2.28. The van der Waals surface area contributed by atoms with E-state index in [0.717, 1.165) is 28.8 Å². The SMILES string of the molecule is CCc1ccc2c(-c3cccc(C#N)c3)c(CS(=O)[O-])c(COC)nn12. The number of nitrogens with zero attached hydrogens (tertiary/aromatic N) is 3. The van der Waals surface area contributed by atoms with Gasteiger partial charge in [0.1, 0.15) is 0 Å². The van der Waals surface area contributed by atoms with Gasteiger partial charge in [-0.3, -0.25) is 4.21 Å². The van der Waals surface area contributed by atoms with Crippen molar-refractivity contribution >= 4 is 16.6 Å². The second kappa shape index (κ2) is 7.79. The number of hydrogen-bond donors (Lipinski definition) is 0. The van der Waals surface area contributed by atoms with Crippen LogP contribution in [-0.2, 0) is 34.6 Å². The predicted molar refractivity (Wildman–Crippen MR) is 98.1 cm³/mol. The van der Waals surface area contributed by atoms with Crippen LogP contribution < -0.4 is 0 Å². The van der Waals surface area contributed by atoms with Crippen molar-refractivity contribution in [3.05, 3.63) is 58.9 Å². The van der Waals surface area contributed by atoms with E-state index in [1.54, 1.807) is 25.3 Å². The smallest absolute Gasteiger partial charge is 0.0991 e. The van der Waals surface area contributed by atoms with E-state index < -0.39 is 11.1 Å². The van der Waals surface area contributed by atoms with E-state index in [4.69, 9.17) is 4.74 Å². The molecule has 1 unspecified atom stereocenters. The Kier molecular flexibility index (Phi) is 5.47. The van der Waals surface area contributed by atoms with E-state index >= 15 is 0 Å². The second-order valence-corrected chi connectivity index (χ2v) is 6.75. The first kappa shape index (κ1) is 18.3. The Labute approximate surface area is 154 Å². The molecule has 134 valence electrons. The lowest BCUT2D eigenvalue weighted by Crippen LogP contribution is -2.11. The van der Waals surface area contributed by atoms with Crippen LogP contribution in [0.15, 0.2) is 36.4 Å². The highest BCUT2D eigenvalue weighted by Crippen LogP contribution is 2.33. The molecule has 0 radical (unpaired) electrons. The van der Waals surface area contributed by atoms with Crippen molar-refractivity contribution in [3.8, 4) is 17.2 Å². The van der Waals surface area contributed by atoms with Crippen LogP contribution in [0.1, 0.15) is 29.4 Å². The molecule has 0 aliphatic heterocycles. The molecule has 0 spiro atoms. The lowest BCUT2D eigenvalue weighted by atomic mass is 9.98. The molecule has 0 N–H and O–H groups in total. The minimum Gasteiger partial charge on any atom is -0.772 e. The van der Waals surface area contributed by atoms with E-state index in [0.29, 0.717) is 16.8 Å². The molecule has 0 saturated heterocycles. The van der Waals surface area contributed by atoms with Crippen LogP contribution in [-0.4, -0.2) is 25.5 Å². The molecular weight excluding hydrogens is 350 g/mol. The summed E-state index contributed by atoms with van der Waals surface area (Å²) in [7, 11) is 1.55. The average molecular weight is 368 g/mol. The molecule has 0 amide bonds. The van der Waals surface area contributed by atoms with Crippen LogP contribution in [0.5, 0.6) is 0 Å². The molecule has 1 atom stereocenters. The van der Waals surface area contributed by atoms with Gasteiger partial charge in [0.05, 0.1) is 29.5 Å². The summed E-state index contributed by atoms with van der Waals surface area (Å²) >= 11 is -2.28. The van der Waals surface area contributed by atoms with Crippen molar-refractivity contribution in [1.82, 2.24) is 9.61 Å². The van der Waals surface area contributed by atoms with Gasteiger partial charge in [-0.15, -0.1) is 0 Å². The highest BCUT2D eigenvalue weighted by molar-refractivity contribution is 7.78. The summed E-state index contributed by atoms with van der Waals surface area (Å²) in [5, 5.41) is 13.9. The predicted octanol–water partition coefficient (Wildman–Crippen LogP) is 2.96. The normalized spacial score (nSPS) is 12.2. The average Bonchev–Trinajstić information content (AvgIpc) is 3.04. The second-order valence-electron chi connectivity index (χ2n) is 5.85. The molecular formula is C19H18N3O3S-. The topological polar surface area (TPSA) is 90.5 Å². The van der Waals surface area contributed by atoms with Gasteiger partial charge in [-0.1, -0.05) is 30.1 Å². The molecule has 2 aromatic heterocycles. The Morgan fingerprint density at radius 2 is 2.15 bits per heavy atom. The largest absolute Gasteiger partial charge is 0.772 e. The van der Waals surface area contributed by atoms with Gasteiger partial charge in [0, 0.05) is 24.1 Å². The van der Waals surface area contributed by atoms with E-state index in [2.05, 4.69) is 11.2 Å². The maximum Gasteiger partial charge on any atom is 0.0991 e. The van der Waals surface area contributed by atoms with E-state index in [-0.39, 0.29) is 12.4 Å². The van der Waals surface area contributed by atoms with Gasteiger partial charge in [-0.2, -0.15) is 10.4 Å². The summed E-state index contributed by atoms with van der Waals surface area (Å²) < 4.78 is 30.1. The first-order valence-corrected chi connectivity index (χ1v) is 9.41. The molecule has 3 aromatic rings. The van der Waals surface area contributed by atoms with E-state index in [9.17, 15) is 14.0 Å². The Morgan fingerprint density at radius 1 is 1.35 bits per heavy atom.